The van der Waals surface area contributed by atoms with Crippen LogP contribution < -0.4 is 18.9 Å². The smallest absolute Gasteiger partial charge is 0.148 e. The number of aliphatic hydroxyl groups is 2. The first-order valence-corrected chi connectivity index (χ1v) is 14.6. The number of hydrogen-bond acceptors (Lipinski definition) is 10. The molecule has 4 atom stereocenters. The van der Waals surface area contributed by atoms with E-state index in [4.69, 9.17) is 37.9 Å². The maximum atomic E-state index is 10.7. The Balaban J connectivity index is 0.980. The lowest BCUT2D eigenvalue weighted by Gasteiger charge is -2.26. The number of rotatable bonds is 18. The molecule has 0 spiro atoms. The van der Waals surface area contributed by atoms with Crippen molar-refractivity contribution in [3.63, 3.8) is 0 Å². The van der Waals surface area contributed by atoms with Crippen molar-refractivity contribution in [2.24, 2.45) is 11.8 Å². The zero-order valence-electron chi connectivity index (χ0n) is 23.4. The van der Waals surface area contributed by atoms with Crippen LogP contribution in [0.4, 0.5) is 0 Å². The Morgan fingerprint density at radius 2 is 0.878 bits per heavy atom. The van der Waals surface area contributed by atoms with Crippen molar-refractivity contribution < 1.29 is 48.1 Å². The van der Waals surface area contributed by atoms with E-state index in [0.717, 1.165) is 36.5 Å². The second kappa shape index (κ2) is 15.6. The molecular weight excluding hydrogens is 532 g/mol. The molecule has 0 radical (unpaired) electrons. The second-order valence-electron chi connectivity index (χ2n) is 10.8. The van der Waals surface area contributed by atoms with Gasteiger partial charge in [-0.05, 0) is 86.1 Å². The molecule has 2 saturated carbocycles. The molecule has 1 saturated heterocycles. The molecule has 0 aromatic heterocycles. The molecule has 3 fully saturated rings. The predicted octanol–water partition coefficient (Wildman–Crippen LogP) is 3.22. The maximum absolute atomic E-state index is 10.7. The Morgan fingerprint density at radius 1 is 0.512 bits per heavy atom. The topological polar surface area (TPSA) is 114 Å². The molecule has 0 amide bonds. The van der Waals surface area contributed by atoms with E-state index in [2.05, 4.69) is 0 Å². The van der Waals surface area contributed by atoms with Crippen LogP contribution >= 0.6 is 0 Å². The number of ether oxygens (including phenoxy) is 8. The third-order valence-electron chi connectivity index (χ3n) is 7.25. The van der Waals surface area contributed by atoms with Gasteiger partial charge in [0.1, 0.15) is 80.6 Å². The maximum Gasteiger partial charge on any atom is 0.148 e. The molecule has 2 aliphatic carbocycles. The van der Waals surface area contributed by atoms with Crippen molar-refractivity contribution in [3.05, 3.63) is 48.5 Å². The molecule has 2 aromatic carbocycles. The number of aliphatic hydroxyl groups excluding tert-OH is 2. The molecule has 0 unspecified atom stereocenters. The number of benzene rings is 2. The van der Waals surface area contributed by atoms with Crippen molar-refractivity contribution in [2.45, 2.75) is 50.1 Å². The molecular formula is C31H42O10. The number of hydrogen-bond donors (Lipinski definition) is 2. The monoisotopic (exact) mass is 574 g/mol. The fourth-order valence-corrected chi connectivity index (χ4v) is 4.27. The van der Waals surface area contributed by atoms with Gasteiger partial charge in [0.15, 0.2) is 0 Å². The first-order valence-electron chi connectivity index (χ1n) is 14.6. The van der Waals surface area contributed by atoms with Gasteiger partial charge in [0.2, 0.25) is 0 Å². The van der Waals surface area contributed by atoms with Gasteiger partial charge in [-0.1, -0.05) is 0 Å². The molecule has 10 nitrogen and oxygen atoms in total. The van der Waals surface area contributed by atoms with E-state index >= 15 is 0 Å². The normalized spacial score (nSPS) is 24.4. The lowest BCUT2D eigenvalue weighted by Crippen LogP contribution is -2.47. The quantitative estimate of drug-likeness (QED) is 0.257. The van der Waals surface area contributed by atoms with Crippen LogP contribution in [0.25, 0.3) is 0 Å². The van der Waals surface area contributed by atoms with Crippen LogP contribution in [0, 0.1) is 11.8 Å². The van der Waals surface area contributed by atoms with E-state index in [1.807, 2.05) is 24.3 Å². The Kier molecular flexibility index (Phi) is 11.4. The summed E-state index contributed by atoms with van der Waals surface area (Å²) >= 11 is 0. The highest BCUT2D eigenvalue weighted by atomic mass is 16.7. The average Bonchev–Trinajstić information content (AvgIpc) is 3.92. The van der Waals surface area contributed by atoms with E-state index in [1.54, 1.807) is 24.3 Å². The predicted molar refractivity (Wildman–Crippen MR) is 149 cm³/mol. The van der Waals surface area contributed by atoms with Crippen molar-refractivity contribution in [1.82, 2.24) is 0 Å². The summed E-state index contributed by atoms with van der Waals surface area (Å²) in [6, 6.07) is 14.4. The van der Waals surface area contributed by atoms with Crippen molar-refractivity contribution >= 4 is 0 Å². The molecule has 2 N–H and O–H groups in total. The largest absolute Gasteiger partial charge is 0.491 e. The van der Waals surface area contributed by atoms with Gasteiger partial charge in [-0.25, -0.2) is 0 Å². The molecule has 41 heavy (non-hydrogen) atoms. The minimum Gasteiger partial charge on any atom is -0.491 e. The average molecular weight is 575 g/mol. The highest BCUT2D eigenvalue weighted by molar-refractivity contribution is 5.32. The summed E-state index contributed by atoms with van der Waals surface area (Å²) in [6.07, 6.45) is 1.09. The summed E-state index contributed by atoms with van der Waals surface area (Å²) in [5.74, 6) is 4.11. The van der Waals surface area contributed by atoms with Crippen LogP contribution in [0.15, 0.2) is 48.5 Å². The fourth-order valence-electron chi connectivity index (χ4n) is 4.27. The van der Waals surface area contributed by atoms with E-state index in [0.29, 0.717) is 37.9 Å². The molecule has 10 heteroatoms. The standard InChI is InChI=1S/C31H42O10/c32-30-28(19-38-26-9-5-24(6-10-26)36-15-13-34-17-22-1-2-22)40-21-41-29(31(30)33)20-39-27-11-7-25(8-12-27)37-16-14-35-18-23-3-4-23/h5-12,22-23,28-33H,1-4,13-21H2/t28-,29-,30-,31-/m1/s1. The summed E-state index contributed by atoms with van der Waals surface area (Å²) in [7, 11) is 0. The van der Waals surface area contributed by atoms with E-state index in [-0.39, 0.29) is 20.0 Å². The van der Waals surface area contributed by atoms with Crippen LogP contribution in [0.2, 0.25) is 0 Å². The third-order valence-corrected chi connectivity index (χ3v) is 7.25. The van der Waals surface area contributed by atoms with E-state index in [1.165, 1.54) is 25.7 Å². The Bertz CT molecular complexity index is 927. The molecule has 0 bridgehead atoms. The van der Waals surface area contributed by atoms with E-state index < -0.39 is 24.4 Å². The van der Waals surface area contributed by atoms with Gasteiger partial charge in [-0.3, -0.25) is 0 Å². The van der Waals surface area contributed by atoms with Crippen LogP contribution in [0.1, 0.15) is 25.7 Å². The van der Waals surface area contributed by atoms with Crippen LogP contribution in [0.3, 0.4) is 0 Å². The Labute approximate surface area is 241 Å². The zero-order valence-corrected chi connectivity index (χ0v) is 23.4. The van der Waals surface area contributed by atoms with Gasteiger partial charge in [0, 0.05) is 13.2 Å². The Morgan fingerprint density at radius 3 is 1.24 bits per heavy atom. The van der Waals surface area contributed by atoms with Gasteiger partial charge in [-0.2, -0.15) is 0 Å². The van der Waals surface area contributed by atoms with Gasteiger partial charge >= 0.3 is 0 Å². The van der Waals surface area contributed by atoms with Gasteiger partial charge < -0.3 is 48.1 Å². The van der Waals surface area contributed by atoms with Crippen LogP contribution in [0.5, 0.6) is 23.0 Å². The van der Waals surface area contributed by atoms with E-state index in [9.17, 15) is 10.2 Å². The molecule has 2 aromatic rings. The second-order valence-corrected chi connectivity index (χ2v) is 10.8. The fraction of sp³-hybridized carbons (Fsp3) is 0.613. The molecule has 5 rings (SSSR count). The minimum atomic E-state index is -1.22. The lowest BCUT2D eigenvalue weighted by molar-refractivity contribution is -0.119. The van der Waals surface area contributed by atoms with Gasteiger partial charge in [0.25, 0.3) is 0 Å². The molecule has 226 valence electrons. The van der Waals surface area contributed by atoms with Crippen molar-refractivity contribution in [2.75, 3.05) is 59.6 Å². The molecule has 3 aliphatic rings. The summed E-state index contributed by atoms with van der Waals surface area (Å²) in [4.78, 5) is 0. The first kappa shape index (κ1) is 29.9. The third kappa shape index (κ3) is 10.3. The van der Waals surface area contributed by atoms with Gasteiger partial charge in [-0.15, -0.1) is 0 Å². The highest BCUT2D eigenvalue weighted by Crippen LogP contribution is 2.29. The Hall–Kier alpha value is -2.60. The van der Waals surface area contributed by atoms with Gasteiger partial charge in [0.05, 0.1) is 13.2 Å². The highest BCUT2D eigenvalue weighted by Gasteiger charge is 2.37. The molecule has 1 aliphatic heterocycles. The first-order chi connectivity index (χ1) is 20.1. The van der Waals surface area contributed by atoms with Crippen molar-refractivity contribution in [1.29, 1.82) is 0 Å². The minimum absolute atomic E-state index is 0.0391. The van der Waals surface area contributed by atoms with Crippen LogP contribution in [-0.4, -0.2) is 94.3 Å². The van der Waals surface area contributed by atoms with Crippen LogP contribution in [-0.2, 0) is 18.9 Å². The molecule has 1 heterocycles. The van der Waals surface area contributed by atoms with Crippen molar-refractivity contribution in [3.8, 4) is 23.0 Å². The summed E-state index contributed by atoms with van der Waals surface area (Å²) < 4.78 is 45.4. The summed E-state index contributed by atoms with van der Waals surface area (Å²) in [5, 5.41) is 21.5. The zero-order chi connectivity index (χ0) is 28.3. The summed E-state index contributed by atoms with van der Waals surface area (Å²) in [5.41, 5.74) is 0. The lowest BCUT2D eigenvalue weighted by atomic mass is 10.0. The summed E-state index contributed by atoms with van der Waals surface area (Å²) in [6.45, 7) is 3.73. The SMILES string of the molecule is O[C@H]1[C@H](O)[C@@H](COc2ccc(OCCOCC3CC3)cc2)OCO[C@@H]1COc1ccc(OCCOCC2CC2)cc1.